The summed E-state index contributed by atoms with van der Waals surface area (Å²) in [4.78, 5) is 1.92. The first-order valence-electron chi connectivity index (χ1n) is 6.10. The van der Waals surface area contributed by atoms with Crippen LogP contribution >= 0.6 is 0 Å². The number of benzene rings is 1. The van der Waals surface area contributed by atoms with Gasteiger partial charge in [0, 0.05) is 19.5 Å². The first-order valence-corrected chi connectivity index (χ1v) is 6.10. The van der Waals surface area contributed by atoms with Crippen molar-refractivity contribution >= 4 is 11.4 Å². The fourth-order valence-corrected chi connectivity index (χ4v) is 1.87. The third kappa shape index (κ3) is 4.85. The summed E-state index contributed by atoms with van der Waals surface area (Å²) in [7, 11) is 0. The molecule has 102 valence electrons. The number of nitrogen functional groups attached to an aromatic ring is 1. The van der Waals surface area contributed by atoms with Crippen LogP contribution in [0.5, 0.6) is 0 Å². The predicted octanol–water partition coefficient (Wildman–Crippen LogP) is 3.83. The monoisotopic (exact) mass is 260 g/mol. The number of halogens is 3. The largest absolute Gasteiger partial charge is 0.397 e. The summed E-state index contributed by atoms with van der Waals surface area (Å²) in [5.41, 5.74) is 7.28. The van der Waals surface area contributed by atoms with Crippen molar-refractivity contribution in [2.45, 2.75) is 32.4 Å². The zero-order valence-electron chi connectivity index (χ0n) is 10.5. The van der Waals surface area contributed by atoms with E-state index in [1.807, 2.05) is 30.0 Å². The van der Waals surface area contributed by atoms with E-state index in [4.69, 9.17) is 5.73 Å². The third-order valence-corrected chi connectivity index (χ3v) is 2.66. The van der Waals surface area contributed by atoms with Gasteiger partial charge in [-0.3, -0.25) is 0 Å². The van der Waals surface area contributed by atoms with Gasteiger partial charge in [-0.15, -0.1) is 0 Å². The number of rotatable bonds is 6. The zero-order chi connectivity index (χ0) is 13.6. The Hall–Kier alpha value is -1.39. The maximum atomic E-state index is 12.1. The number of alkyl halides is 3. The van der Waals surface area contributed by atoms with Gasteiger partial charge in [-0.2, -0.15) is 13.2 Å². The Kier molecular flexibility index (Phi) is 5.31. The average molecular weight is 260 g/mol. The van der Waals surface area contributed by atoms with E-state index in [2.05, 4.69) is 0 Å². The highest BCUT2D eigenvalue weighted by molar-refractivity contribution is 5.67. The van der Waals surface area contributed by atoms with Gasteiger partial charge in [-0.05, 0) is 25.0 Å². The summed E-state index contributed by atoms with van der Waals surface area (Å²) < 4.78 is 36.4. The van der Waals surface area contributed by atoms with Gasteiger partial charge < -0.3 is 10.6 Å². The van der Waals surface area contributed by atoms with Crippen LogP contribution in [0.25, 0.3) is 0 Å². The summed E-state index contributed by atoms with van der Waals surface area (Å²) in [5, 5.41) is 0. The zero-order valence-corrected chi connectivity index (χ0v) is 10.5. The van der Waals surface area contributed by atoms with Gasteiger partial charge in [-0.1, -0.05) is 19.1 Å². The van der Waals surface area contributed by atoms with Gasteiger partial charge in [0.05, 0.1) is 11.4 Å². The highest BCUT2D eigenvalue weighted by atomic mass is 19.4. The maximum Gasteiger partial charge on any atom is 0.389 e. The van der Waals surface area contributed by atoms with E-state index in [1.54, 1.807) is 6.07 Å². The number of nitrogens with zero attached hydrogens (tertiary/aromatic N) is 1. The van der Waals surface area contributed by atoms with Gasteiger partial charge in [0.15, 0.2) is 0 Å². The lowest BCUT2D eigenvalue weighted by Crippen LogP contribution is -2.27. The number of nitrogens with two attached hydrogens (primary N) is 1. The van der Waals surface area contributed by atoms with Crippen molar-refractivity contribution in [3.63, 3.8) is 0 Å². The normalized spacial score (nSPS) is 11.6. The summed E-state index contributed by atoms with van der Waals surface area (Å²) in [6, 6.07) is 7.27. The Bertz CT molecular complexity index is 363. The van der Waals surface area contributed by atoms with E-state index in [1.165, 1.54) is 0 Å². The molecule has 0 saturated carbocycles. The van der Waals surface area contributed by atoms with Crippen LogP contribution in [0.15, 0.2) is 24.3 Å². The molecule has 0 radical (unpaired) electrons. The van der Waals surface area contributed by atoms with Crippen LogP contribution in [0, 0.1) is 0 Å². The molecule has 2 N–H and O–H groups in total. The number of para-hydroxylation sites is 2. The molecule has 5 heteroatoms. The SMILES string of the molecule is CCCN(CCCC(F)(F)F)c1ccccc1N. The van der Waals surface area contributed by atoms with E-state index >= 15 is 0 Å². The van der Waals surface area contributed by atoms with Gasteiger partial charge in [0.2, 0.25) is 0 Å². The smallest absolute Gasteiger partial charge is 0.389 e. The molecule has 0 atom stereocenters. The predicted molar refractivity (Wildman–Crippen MR) is 68.6 cm³/mol. The summed E-state index contributed by atoms with van der Waals surface area (Å²) in [5.74, 6) is 0. The van der Waals surface area contributed by atoms with Crippen LogP contribution in [0.2, 0.25) is 0 Å². The molecule has 0 aliphatic rings. The van der Waals surface area contributed by atoms with Crippen LogP contribution < -0.4 is 10.6 Å². The minimum Gasteiger partial charge on any atom is -0.397 e. The molecule has 0 amide bonds. The summed E-state index contributed by atoms with van der Waals surface area (Å²) in [6.07, 6.45) is -3.86. The first-order chi connectivity index (χ1) is 8.44. The Morgan fingerprint density at radius 3 is 2.39 bits per heavy atom. The molecule has 0 heterocycles. The van der Waals surface area contributed by atoms with Gasteiger partial charge >= 0.3 is 6.18 Å². The molecule has 0 bridgehead atoms. The fourth-order valence-electron chi connectivity index (χ4n) is 1.87. The second-order valence-corrected chi connectivity index (χ2v) is 4.26. The van der Waals surface area contributed by atoms with E-state index in [-0.39, 0.29) is 6.42 Å². The molecule has 1 aromatic rings. The minimum absolute atomic E-state index is 0.0951. The molecule has 0 aliphatic heterocycles. The van der Waals surface area contributed by atoms with E-state index in [0.29, 0.717) is 18.8 Å². The van der Waals surface area contributed by atoms with E-state index in [0.717, 1.165) is 12.1 Å². The molecular weight excluding hydrogens is 241 g/mol. The highest BCUT2D eigenvalue weighted by Gasteiger charge is 2.26. The van der Waals surface area contributed by atoms with Crippen LogP contribution in [-0.4, -0.2) is 19.3 Å². The lowest BCUT2D eigenvalue weighted by atomic mass is 10.2. The Morgan fingerprint density at radius 2 is 1.83 bits per heavy atom. The third-order valence-electron chi connectivity index (χ3n) is 2.66. The molecule has 0 fully saturated rings. The standard InChI is InChI=1S/C13H19F3N2/c1-2-9-18(10-5-8-13(14,15)16)12-7-4-3-6-11(12)17/h3-4,6-7H,2,5,8-10,17H2,1H3. The minimum atomic E-state index is -4.08. The Morgan fingerprint density at radius 1 is 1.17 bits per heavy atom. The Labute approximate surface area is 106 Å². The second-order valence-electron chi connectivity index (χ2n) is 4.26. The van der Waals surface area contributed by atoms with Crippen molar-refractivity contribution in [3.05, 3.63) is 24.3 Å². The molecule has 1 rings (SSSR count). The fraction of sp³-hybridized carbons (Fsp3) is 0.538. The molecule has 18 heavy (non-hydrogen) atoms. The average Bonchev–Trinajstić information content (AvgIpc) is 2.27. The summed E-state index contributed by atoms with van der Waals surface area (Å²) in [6.45, 7) is 3.09. The van der Waals surface area contributed by atoms with Crippen molar-refractivity contribution < 1.29 is 13.2 Å². The molecule has 0 saturated heterocycles. The van der Waals surface area contributed by atoms with E-state index in [9.17, 15) is 13.2 Å². The van der Waals surface area contributed by atoms with Crippen LogP contribution in [0.3, 0.4) is 0 Å². The van der Waals surface area contributed by atoms with Crippen molar-refractivity contribution in [2.24, 2.45) is 0 Å². The maximum absolute atomic E-state index is 12.1. The lowest BCUT2D eigenvalue weighted by molar-refractivity contribution is -0.135. The topological polar surface area (TPSA) is 29.3 Å². The van der Waals surface area contributed by atoms with Crippen LogP contribution in [0.1, 0.15) is 26.2 Å². The van der Waals surface area contributed by atoms with Gasteiger partial charge in [0.1, 0.15) is 0 Å². The Balaban J connectivity index is 2.63. The number of hydrogen-bond donors (Lipinski definition) is 1. The number of anilines is 2. The van der Waals surface area contributed by atoms with Crippen molar-refractivity contribution in [3.8, 4) is 0 Å². The molecule has 2 nitrogen and oxygen atoms in total. The summed E-state index contributed by atoms with van der Waals surface area (Å²) >= 11 is 0. The molecule has 0 unspecified atom stereocenters. The quantitative estimate of drug-likeness (QED) is 0.788. The molecule has 0 spiro atoms. The van der Waals surface area contributed by atoms with Crippen molar-refractivity contribution in [1.29, 1.82) is 0 Å². The molecule has 0 aromatic heterocycles. The van der Waals surface area contributed by atoms with Crippen molar-refractivity contribution in [1.82, 2.24) is 0 Å². The van der Waals surface area contributed by atoms with Crippen LogP contribution in [-0.2, 0) is 0 Å². The molecule has 1 aromatic carbocycles. The first kappa shape index (κ1) is 14.7. The molecular formula is C13H19F3N2. The van der Waals surface area contributed by atoms with Gasteiger partial charge in [-0.25, -0.2) is 0 Å². The molecule has 0 aliphatic carbocycles. The van der Waals surface area contributed by atoms with E-state index < -0.39 is 12.6 Å². The second kappa shape index (κ2) is 6.52. The van der Waals surface area contributed by atoms with Gasteiger partial charge in [0.25, 0.3) is 0 Å². The lowest BCUT2D eigenvalue weighted by Gasteiger charge is -2.25. The highest BCUT2D eigenvalue weighted by Crippen LogP contribution is 2.25. The van der Waals surface area contributed by atoms with Crippen LogP contribution in [0.4, 0.5) is 24.5 Å². The van der Waals surface area contributed by atoms with Crippen molar-refractivity contribution in [2.75, 3.05) is 23.7 Å². The number of hydrogen-bond acceptors (Lipinski definition) is 2.